The molecule has 1 unspecified atom stereocenters. The van der Waals surface area contributed by atoms with E-state index in [2.05, 4.69) is 18.4 Å². The van der Waals surface area contributed by atoms with Crippen molar-refractivity contribution in [3.05, 3.63) is 23.0 Å². The fourth-order valence-corrected chi connectivity index (χ4v) is 3.65. The molecule has 3 rings (SSSR count). The molecule has 108 valence electrons. The zero-order valence-electron chi connectivity index (χ0n) is 12.7. The van der Waals surface area contributed by atoms with E-state index in [0.29, 0.717) is 6.42 Å². The molecule has 0 radical (unpaired) electrons. The van der Waals surface area contributed by atoms with E-state index in [1.165, 1.54) is 0 Å². The van der Waals surface area contributed by atoms with Crippen LogP contribution >= 0.6 is 0 Å². The molecule has 1 atom stereocenters. The van der Waals surface area contributed by atoms with Gasteiger partial charge in [0.25, 0.3) is 0 Å². The smallest absolute Gasteiger partial charge is 0.245 e. The minimum absolute atomic E-state index is 0.0137. The van der Waals surface area contributed by atoms with Gasteiger partial charge in [0, 0.05) is 37.0 Å². The van der Waals surface area contributed by atoms with Crippen LogP contribution < -0.4 is 0 Å². The number of amides is 1. The zero-order valence-corrected chi connectivity index (χ0v) is 12.7. The molecule has 0 N–H and O–H groups in total. The summed E-state index contributed by atoms with van der Waals surface area (Å²) in [5.41, 5.74) is 2.93. The minimum Gasteiger partial charge on any atom is -0.344 e. The number of Topliss-reactive ketones (excluding diaryl/α,β-unsaturated/α-hetero) is 1. The van der Waals surface area contributed by atoms with Gasteiger partial charge >= 0.3 is 0 Å². The summed E-state index contributed by atoms with van der Waals surface area (Å²) >= 11 is 0. The topological polar surface area (TPSA) is 42.3 Å². The number of aryl methyl sites for hydroxylation is 1. The average Bonchev–Trinajstić information content (AvgIpc) is 2.80. The molecule has 0 bridgehead atoms. The van der Waals surface area contributed by atoms with Crippen molar-refractivity contribution in [2.75, 3.05) is 13.6 Å². The van der Waals surface area contributed by atoms with Crippen LogP contribution in [-0.2, 0) is 11.2 Å². The fraction of sp³-hybridized carbons (Fsp3) is 0.625. The first kappa shape index (κ1) is 13.4. The van der Waals surface area contributed by atoms with E-state index in [1.807, 2.05) is 20.0 Å². The summed E-state index contributed by atoms with van der Waals surface area (Å²) in [6.45, 7) is 7.06. The van der Waals surface area contributed by atoms with Gasteiger partial charge in [0.1, 0.15) is 6.04 Å². The van der Waals surface area contributed by atoms with Crippen LogP contribution in [0.5, 0.6) is 0 Å². The van der Waals surface area contributed by atoms with E-state index >= 15 is 0 Å². The van der Waals surface area contributed by atoms with Gasteiger partial charge in [-0.3, -0.25) is 9.59 Å². The average molecular weight is 274 g/mol. The summed E-state index contributed by atoms with van der Waals surface area (Å²) in [6, 6.07) is 1.85. The van der Waals surface area contributed by atoms with Crippen molar-refractivity contribution in [3.63, 3.8) is 0 Å². The van der Waals surface area contributed by atoms with Gasteiger partial charge in [0.15, 0.2) is 5.78 Å². The molecule has 0 aromatic carbocycles. The second-order valence-corrected chi connectivity index (χ2v) is 7.02. The molecule has 4 nitrogen and oxygen atoms in total. The highest BCUT2D eigenvalue weighted by Gasteiger charge is 2.38. The second kappa shape index (κ2) is 4.21. The number of hydrogen-bond acceptors (Lipinski definition) is 2. The summed E-state index contributed by atoms with van der Waals surface area (Å²) in [7, 11) is 1.85. The van der Waals surface area contributed by atoms with Gasteiger partial charge in [-0.25, -0.2) is 0 Å². The van der Waals surface area contributed by atoms with Crippen LogP contribution in [-0.4, -0.2) is 34.7 Å². The summed E-state index contributed by atoms with van der Waals surface area (Å²) < 4.78 is 2.12. The standard InChI is InChI=1S/C16H22N2O2/c1-10-7-11-13(8-16(2,3)9-14(11)19)18(10)12-5-6-17(4)15(12)20/h7,12H,5-6,8-9H2,1-4H3. The number of fused-ring (bicyclic) bond motifs is 1. The molecule has 2 heterocycles. The predicted octanol–water partition coefficient (Wildman–Crippen LogP) is 2.35. The molecule has 0 spiro atoms. The number of ketones is 1. The van der Waals surface area contributed by atoms with Gasteiger partial charge < -0.3 is 9.47 Å². The van der Waals surface area contributed by atoms with Crippen LogP contribution in [0, 0.1) is 12.3 Å². The highest BCUT2D eigenvalue weighted by molar-refractivity contribution is 5.99. The summed E-state index contributed by atoms with van der Waals surface area (Å²) in [5, 5.41) is 0. The maximum Gasteiger partial charge on any atom is 0.245 e. The van der Waals surface area contributed by atoms with E-state index in [1.54, 1.807) is 4.90 Å². The minimum atomic E-state index is -0.120. The van der Waals surface area contributed by atoms with Crippen LogP contribution in [0.4, 0.5) is 0 Å². The quantitative estimate of drug-likeness (QED) is 0.789. The summed E-state index contributed by atoms with van der Waals surface area (Å²) in [4.78, 5) is 26.4. The largest absolute Gasteiger partial charge is 0.344 e. The van der Waals surface area contributed by atoms with Crippen molar-refractivity contribution < 1.29 is 9.59 Å². The van der Waals surface area contributed by atoms with Crippen molar-refractivity contribution in [3.8, 4) is 0 Å². The van der Waals surface area contributed by atoms with Crippen LogP contribution in [0.25, 0.3) is 0 Å². The molecule has 0 saturated carbocycles. The number of nitrogens with zero attached hydrogens (tertiary/aromatic N) is 2. The Kier molecular flexibility index (Phi) is 2.82. The SMILES string of the molecule is Cc1cc2c(n1C1CCN(C)C1=O)CC(C)(C)CC2=O. The summed E-state index contributed by atoms with van der Waals surface area (Å²) in [6.07, 6.45) is 2.31. The molecular weight excluding hydrogens is 252 g/mol. The Labute approximate surface area is 119 Å². The van der Waals surface area contributed by atoms with Crippen LogP contribution in [0.1, 0.15) is 54.5 Å². The van der Waals surface area contributed by atoms with E-state index < -0.39 is 0 Å². The first-order valence-corrected chi connectivity index (χ1v) is 7.29. The zero-order chi connectivity index (χ0) is 14.7. The highest BCUT2D eigenvalue weighted by Crippen LogP contribution is 2.39. The summed E-state index contributed by atoms with van der Waals surface area (Å²) in [5.74, 6) is 0.388. The molecule has 1 aromatic heterocycles. The Morgan fingerprint density at radius 1 is 1.25 bits per heavy atom. The van der Waals surface area contributed by atoms with Crippen molar-refractivity contribution in [1.82, 2.24) is 9.47 Å². The number of carbonyl (C=O) groups excluding carboxylic acids is 2. The lowest BCUT2D eigenvalue weighted by Gasteiger charge is -2.31. The molecule has 1 fully saturated rings. The van der Waals surface area contributed by atoms with Gasteiger partial charge in [0.05, 0.1) is 0 Å². The highest BCUT2D eigenvalue weighted by atomic mass is 16.2. The fourth-order valence-electron chi connectivity index (χ4n) is 3.65. The molecule has 1 aliphatic heterocycles. The third kappa shape index (κ3) is 1.89. The van der Waals surface area contributed by atoms with Crippen molar-refractivity contribution >= 4 is 11.7 Å². The molecule has 20 heavy (non-hydrogen) atoms. The van der Waals surface area contributed by atoms with E-state index in [9.17, 15) is 9.59 Å². The molecule has 4 heteroatoms. The van der Waals surface area contributed by atoms with Gasteiger partial charge in [-0.2, -0.15) is 0 Å². The van der Waals surface area contributed by atoms with Crippen LogP contribution in [0.15, 0.2) is 6.07 Å². The van der Waals surface area contributed by atoms with Crippen molar-refractivity contribution in [1.29, 1.82) is 0 Å². The Bertz CT molecular complexity index is 598. The molecule has 1 aliphatic carbocycles. The maximum absolute atomic E-state index is 12.3. The third-order valence-corrected chi connectivity index (χ3v) is 4.63. The maximum atomic E-state index is 12.3. The first-order chi connectivity index (χ1) is 9.30. The second-order valence-electron chi connectivity index (χ2n) is 7.02. The number of likely N-dealkylation sites (tertiary alicyclic amines) is 1. The lowest BCUT2D eigenvalue weighted by molar-refractivity contribution is -0.129. The van der Waals surface area contributed by atoms with E-state index in [4.69, 9.17) is 0 Å². The van der Waals surface area contributed by atoms with Crippen molar-refractivity contribution in [2.24, 2.45) is 5.41 Å². The number of aromatic nitrogens is 1. The monoisotopic (exact) mass is 274 g/mol. The van der Waals surface area contributed by atoms with E-state index in [0.717, 1.165) is 36.3 Å². The van der Waals surface area contributed by atoms with Gasteiger partial charge in [-0.1, -0.05) is 13.8 Å². The van der Waals surface area contributed by atoms with Gasteiger partial charge in [-0.15, -0.1) is 0 Å². The lowest BCUT2D eigenvalue weighted by atomic mass is 9.76. The lowest BCUT2D eigenvalue weighted by Crippen LogP contribution is -2.31. The molecular formula is C16H22N2O2. The molecule has 1 amide bonds. The Hall–Kier alpha value is -1.58. The number of carbonyl (C=O) groups is 2. The van der Waals surface area contributed by atoms with Crippen LogP contribution in [0.3, 0.4) is 0 Å². The Morgan fingerprint density at radius 2 is 1.95 bits per heavy atom. The molecule has 1 saturated heterocycles. The Balaban J connectivity index is 2.10. The van der Waals surface area contributed by atoms with E-state index in [-0.39, 0.29) is 23.1 Å². The number of hydrogen-bond donors (Lipinski definition) is 0. The molecule has 2 aliphatic rings. The van der Waals surface area contributed by atoms with Gasteiger partial charge in [-0.05, 0) is 31.2 Å². The normalized spacial score (nSPS) is 25.2. The van der Waals surface area contributed by atoms with Gasteiger partial charge in [0.2, 0.25) is 5.91 Å². The predicted molar refractivity (Wildman–Crippen MR) is 76.9 cm³/mol. The van der Waals surface area contributed by atoms with Crippen molar-refractivity contribution in [2.45, 2.75) is 46.1 Å². The van der Waals surface area contributed by atoms with Crippen LogP contribution in [0.2, 0.25) is 0 Å². The first-order valence-electron chi connectivity index (χ1n) is 7.29. The third-order valence-electron chi connectivity index (χ3n) is 4.63. The number of rotatable bonds is 1. The number of likely N-dealkylation sites (N-methyl/N-ethyl adjacent to an activating group) is 1. The molecule has 1 aromatic rings. The Morgan fingerprint density at radius 3 is 2.55 bits per heavy atom.